The Labute approximate surface area is 217 Å². The Balaban J connectivity index is 1.27. The number of hydrogen-bond acceptors (Lipinski definition) is 6. The number of aliphatic hydroxyl groups is 2. The molecule has 2 N–H and O–H groups in total. The summed E-state index contributed by atoms with van der Waals surface area (Å²) in [5.74, 6) is 0.157. The molecule has 7 heteroatoms. The van der Waals surface area contributed by atoms with Crippen LogP contribution in [-0.4, -0.2) is 73.5 Å². The van der Waals surface area contributed by atoms with E-state index in [9.17, 15) is 10.2 Å². The smallest absolute Gasteiger partial charge is 0.116 e. The van der Waals surface area contributed by atoms with Crippen molar-refractivity contribution >= 4 is 28.1 Å². The van der Waals surface area contributed by atoms with Gasteiger partial charge in [0, 0.05) is 29.5 Å². The lowest BCUT2D eigenvalue weighted by atomic mass is 9.52. The van der Waals surface area contributed by atoms with Crippen LogP contribution < -0.4 is 0 Å². The minimum absolute atomic E-state index is 0.0365. The van der Waals surface area contributed by atoms with E-state index < -0.39 is 28.3 Å². The van der Waals surface area contributed by atoms with E-state index >= 15 is 0 Å². The maximum Gasteiger partial charge on any atom is 0.116 e. The third kappa shape index (κ3) is 2.83. The number of aromatic nitrogens is 2. The molecule has 4 fully saturated rings. The highest BCUT2D eigenvalue weighted by Gasteiger charge is 2.76. The third-order valence-corrected chi connectivity index (χ3v) is 11.7. The van der Waals surface area contributed by atoms with Gasteiger partial charge in [0.15, 0.2) is 0 Å². The number of ether oxygens (including phenoxy) is 1. The first kappa shape index (κ1) is 23.5. The standard InChI is InChI=1S/C29H36ClN3O3/c1-26-8-10-28(30)13-20-24(34)25(35)22(33(2)3)14-27(20)9-11-29(28,36-27)23(26)7-6-19(26)17-4-5-18-15-31-16-32-21(18)12-17/h4-6,12,15-16,20,22-25,34-35H,7-11,13-14H2,1-3H3. The summed E-state index contributed by atoms with van der Waals surface area (Å²) in [7, 11) is 3.96. The van der Waals surface area contributed by atoms with E-state index in [-0.39, 0.29) is 23.3 Å². The van der Waals surface area contributed by atoms with Crippen LogP contribution >= 0.6 is 11.6 Å². The number of alkyl halides is 1. The van der Waals surface area contributed by atoms with Gasteiger partial charge in [0.25, 0.3) is 0 Å². The van der Waals surface area contributed by atoms with Crippen LogP contribution in [0.2, 0.25) is 0 Å². The Kier molecular flexibility index (Phi) is 4.91. The number of likely N-dealkylation sites (N-methyl/N-ethyl adjacent to an activating group) is 1. The zero-order chi connectivity index (χ0) is 25.1. The fourth-order valence-corrected chi connectivity index (χ4v) is 9.68. The first-order chi connectivity index (χ1) is 17.1. The fourth-order valence-electron chi connectivity index (χ4n) is 9.15. The molecular formula is C29H36ClN3O3. The molecule has 1 aromatic heterocycles. The van der Waals surface area contributed by atoms with Crippen molar-refractivity contribution in [1.29, 1.82) is 0 Å². The van der Waals surface area contributed by atoms with E-state index in [0.717, 1.165) is 49.4 Å². The van der Waals surface area contributed by atoms with Crippen molar-refractivity contribution in [3.8, 4) is 0 Å². The van der Waals surface area contributed by atoms with Crippen LogP contribution in [0.15, 0.2) is 36.8 Å². The molecular weight excluding hydrogens is 474 g/mol. The summed E-state index contributed by atoms with van der Waals surface area (Å²) in [6.07, 6.45) is 10.4. The summed E-state index contributed by atoms with van der Waals surface area (Å²) >= 11 is 7.62. The number of halogens is 1. The molecule has 192 valence electrons. The number of aliphatic hydroxyl groups excluding tert-OH is 2. The highest BCUT2D eigenvalue weighted by Crippen LogP contribution is 2.73. The Morgan fingerprint density at radius 1 is 1.08 bits per heavy atom. The molecule has 1 aromatic carbocycles. The normalized spacial score (nSPS) is 47.4. The second-order valence-corrected chi connectivity index (χ2v) is 13.4. The molecule has 2 saturated heterocycles. The molecule has 9 atom stereocenters. The van der Waals surface area contributed by atoms with Crippen molar-refractivity contribution in [2.24, 2.45) is 17.3 Å². The summed E-state index contributed by atoms with van der Waals surface area (Å²) in [5, 5.41) is 23.3. The Hall–Kier alpha value is -1.57. The van der Waals surface area contributed by atoms with Crippen molar-refractivity contribution in [2.45, 2.75) is 86.2 Å². The van der Waals surface area contributed by atoms with Crippen LogP contribution in [0, 0.1) is 17.3 Å². The number of hydrogen-bond donors (Lipinski definition) is 2. The van der Waals surface area contributed by atoms with Gasteiger partial charge >= 0.3 is 0 Å². The van der Waals surface area contributed by atoms with E-state index in [1.54, 1.807) is 6.33 Å². The molecule has 3 aliphatic carbocycles. The van der Waals surface area contributed by atoms with Gasteiger partial charge in [-0.15, -0.1) is 11.6 Å². The number of allylic oxidation sites excluding steroid dienone is 2. The summed E-state index contributed by atoms with van der Waals surface area (Å²) < 4.78 is 7.33. The molecule has 2 aliphatic heterocycles. The number of fused-ring (bicyclic) bond motifs is 2. The number of nitrogens with zero attached hydrogens (tertiary/aromatic N) is 3. The second-order valence-electron chi connectivity index (χ2n) is 12.7. The van der Waals surface area contributed by atoms with Crippen LogP contribution in [0.25, 0.3) is 16.5 Å². The minimum atomic E-state index is -0.817. The van der Waals surface area contributed by atoms with Crippen molar-refractivity contribution in [1.82, 2.24) is 14.9 Å². The third-order valence-electron chi connectivity index (χ3n) is 11.0. The predicted octanol–water partition coefficient (Wildman–Crippen LogP) is 4.17. The quantitative estimate of drug-likeness (QED) is 0.591. The molecule has 7 rings (SSSR count). The first-order valence-corrected chi connectivity index (χ1v) is 13.8. The molecule has 36 heavy (non-hydrogen) atoms. The molecule has 0 amide bonds. The van der Waals surface area contributed by atoms with Gasteiger partial charge < -0.3 is 19.8 Å². The van der Waals surface area contributed by atoms with Crippen LogP contribution in [-0.2, 0) is 4.74 Å². The van der Waals surface area contributed by atoms with Crippen LogP contribution in [0.4, 0.5) is 0 Å². The van der Waals surface area contributed by atoms with Gasteiger partial charge in [0.2, 0.25) is 0 Å². The van der Waals surface area contributed by atoms with E-state index in [2.05, 4.69) is 41.2 Å². The Morgan fingerprint density at radius 2 is 1.92 bits per heavy atom. The number of rotatable bonds is 2. The summed E-state index contributed by atoms with van der Waals surface area (Å²) in [5.41, 5.74) is 2.71. The van der Waals surface area contributed by atoms with Crippen molar-refractivity contribution < 1.29 is 14.9 Å². The fraction of sp³-hybridized carbons (Fsp3) is 0.655. The van der Waals surface area contributed by atoms with Crippen molar-refractivity contribution in [3.63, 3.8) is 0 Å². The molecule has 2 aromatic rings. The van der Waals surface area contributed by atoms with Crippen LogP contribution in [0.3, 0.4) is 0 Å². The summed E-state index contributed by atoms with van der Waals surface area (Å²) in [6, 6.07) is 6.41. The summed E-state index contributed by atoms with van der Waals surface area (Å²) in [4.78, 5) is 10.2. The lowest BCUT2D eigenvalue weighted by Crippen LogP contribution is -2.72. The molecule has 2 bridgehead atoms. The van der Waals surface area contributed by atoms with Crippen LogP contribution in [0.5, 0.6) is 0 Å². The Bertz CT molecular complexity index is 1270. The average Bonchev–Trinajstić information content (AvgIpc) is 3.39. The van der Waals surface area contributed by atoms with Gasteiger partial charge in [-0.05, 0) is 81.7 Å². The van der Waals surface area contributed by atoms with Gasteiger partial charge in [-0.2, -0.15) is 0 Å². The molecule has 0 radical (unpaired) electrons. The SMILES string of the molecule is CN(C)C1CC23CCC4(O2)C2CC=C(c5ccc6cncnc6c5)C2(C)CCC4(Cl)CC3C(O)C1O. The number of benzene rings is 1. The van der Waals surface area contributed by atoms with Crippen LogP contribution in [0.1, 0.15) is 57.4 Å². The molecule has 9 unspecified atom stereocenters. The highest BCUT2D eigenvalue weighted by atomic mass is 35.5. The van der Waals surface area contributed by atoms with E-state index in [0.29, 0.717) is 6.42 Å². The largest absolute Gasteiger partial charge is 0.390 e. The molecule has 5 aliphatic rings. The molecule has 2 spiro atoms. The van der Waals surface area contributed by atoms with Gasteiger partial charge in [-0.25, -0.2) is 9.97 Å². The van der Waals surface area contributed by atoms with E-state index in [1.807, 2.05) is 25.2 Å². The molecule has 2 saturated carbocycles. The monoisotopic (exact) mass is 509 g/mol. The zero-order valence-electron chi connectivity index (χ0n) is 21.3. The molecule has 6 nitrogen and oxygen atoms in total. The lowest BCUT2D eigenvalue weighted by molar-refractivity contribution is -0.276. The van der Waals surface area contributed by atoms with Gasteiger partial charge in [0.1, 0.15) is 6.33 Å². The maximum atomic E-state index is 11.3. The van der Waals surface area contributed by atoms with Crippen molar-refractivity contribution in [3.05, 3.63) is 42.4 Å². The zero-order valence-corrected chi connectivity index (χ0v) is 22.1. The van der Waals surface area contributed by atoms with Gasteiger partial charge in [-0.3, -0.25) is 0 Å². The second kappa shape index (κ2) is 7.51. The average molecular weight is 510 g/mol. The Morgan fingerprint density at radius 3 is 2.72 bits per heavy atom. The maximum absolute atomic E-state index is 11.3. The van der Waals surface area contributed by atoms with Gasteiger partial charge in [-0.1, -0.05) is 25.1 Å². The summed E-state index contributed by atoms with van der Waals surface area (Å²) in [6.45, 7) is 2.41. The highest BCUT2D eigenvalue weighted by molar-refractivity contribution is 6.25. The van der Waals surface area contributed by atoms with Gasteiger partial charge in [0.05, 0.1) is 33.8 Å². The minimum Gasteiger partial charge on any atom is -0.390 e. The molecule has 3 heterocycles. The topological polar surface area (TPSA) is 78.7 Å². The first-order valence-electron chi connectivity index (χ1n) is 13.5. The van der Waals surface area contributed by atoms with E-state index in [1.165, 1.54) is 11.1 Å². The van der Waals surface area contributed by atoms with E-state index in [4.69, 9.17) is 16.3 Å². The van der Waals surface area contributed by atoms with Crippen molar-refractivity contribution in [2.75, 3.05) is 14.1 Å². The predicted molar refractivity (Wildman–Crippen MR) is 140 cm³/mol. The lowest BCUT2D eigenvalue weighted by Gasteiger charge is -2.65.